The van der Waals surface area contributed by atoms with Crippen LogP contribution in [0.4, 0.5) is 0 Å². The summed E-state index contributed by atoms with van der Waals surface area (Å²) in [6.07, 6.45) is 4.98. The summed E-state index contributed by atoms with van der Waals surface area (Å²) in [6.45, 7) is 8.53. The summed E-state index contributed by atoms with van der Waals surface area (Å²) in [5.74, 6) is -0.233. The van der Waals surface area contributed by atoms with Gasteiger partial charge in [0.1, 0.15) is 0 Å². The number of ketones is 1. The number of aliphatic hydroxyl groups is 1. The van der Waals surface area contributed by atoms with E-state index < -0.39 is 17.1 Å². The van der Waals surface area contributed by atoms with E-state index in [1.165, 1.54) is 5.56 Å². The van der Waals surface area contributed by atoms with Gasteiger partial charge in [0.25, 0.3) is 0 Å². The fourth-order valence-corrected chi connectivity index (χ4v) is 5.21. The van der Waals surface area contributed by atoms with Crippen molar-refractivity contribution in [2.45, 2.75) is 96.6 Å². The van der Waals surface area contributed by atoms with E-state index in [1.54, 1.807) is 0 Å². The molecule has 5 heteroatoms. The second-order valence-corrected chi connectivity index (χ2v) is 9.77. The molecule has 1 N–H and O–H groups in total. The molecule has 168 valence electrons. The monoisotopic (exact) mass is 417 g/mol. The molecule has 0 heterocycles. The molecule has 0 saturated heterocycles. The smallest absolute Gasteiger partial charge is 0.245 e. The molecule has 1 aliphatic carbocycles. The van der Waals surface area contributed by atoms with Crippen LogP contribution in [0, 0.1) is 27.9 Å². The molecule has 1 fully saturated rings. The molecule has 0 spiro atoms. The Morgan fingerprint density at radius 2 is 1.87 bits per heavy atom. The highest BCUT2D eigenvalue weighted by Gasteiger charge is 2.47. The first-order valence-electron chi connectivity index (χ1n) is 11.6. The second kappa shape index (κ2) is 11.0. The number of nitrogens with zero attached hydrogens (tertiary/aromatic N) is 1. The molecular formula is C25H39NO4. The molecule has 0 aliphatic heterocycles. The van der Waals surface area contributed by atoms with Crippen molar-refractivity contribution in [3.8, 4) is 0 Å². The number of benzene rings is 1. The normalized spacial score (nSPS) is 24.2. The van der Waals surface area contributed by atoms with Gasteiger partial charge in [-0.15, -0.1) is 0 Å². The third-order valence-corrected chi connectivity index (χ3v) is 7.20. The average molecular weight is 418 g/mol. The molecule has 0 aromatic heterocycles. The quantitative estimate of drug-likeness (QED) is 0.290. The van der Waals surface area contributed by atoms with E-state index in [0.717, 1.165) is 32.1 Å². The third kappa shape index (κ3) is 5.90. The molecule has 5 atom stereocenters. The minimum atomic E-state index is -1.52. The van der Waals surface area contributed by atoms with Crippen molar-refractivity contribution in [1.29, 1.82) is 0 Å². The fourth-order valence-electron chi connectivity index (χ4n) is 5.21. The fraction of sp³-hybridized carbons (Fsp3) is 0.720. The Kier molecular flexibility index (Phi) is 9.02. The molecule has 0 bridgehead atoms. The van der Waals surface area contributed by atoms with Gasteiger partial charge in [-0.3, -0.25) is 14.9 Å². The van der Waals surface area contributed by atoms with Crippen molar-refractivity contribution in [2.24, 2.45) is 17.8 Å². The first-order valence-corrected chi connectivity index (χ1v) is 11.6. The summed E-state index contributed by atoms with van der Waals surface area (Å²) in [6, 6.07) is 8.97. The lowest BCUT2D eigenvalue weighted by Crippen LogP contribution is -2.49. The Balaban J connectivity index is 2.22. The van der Waals surface area contributed by atoms with Crippen molar-refractivity contribution in [3.63, 3.8) is 0 Å². The van der Waals surface area contributed by atoms with Gasteiger partial charge < -0.3 is 5.11 Å². The number of nitro groups is 1. The first kappa shape index (κ1) is 24.5. The van der Waals surface area contributed by atoms with Crippen LogP contribution < -0.4 is 0 Å². The van der Waals surface area contributed by atoms with E-state index in [-0.39, 0.29) is 29.5 Å². The van der Waals surface area contributed by atoms with Gasteiger partial charge in [-0.1, -0.05) is 83.7 Å². The molecule has 1 saturated carbocycles. The lowest BCUT2D eigenvalue weighted by atomic mass is 9.59. The van der Waals surface area contributed by atoms with Crippen LogP contribution in [0.1, 0.15) is 84.6 Å². The van der Waals surface area contributed by atoms with Gasteiger partial charge >= 0.3 is 0 Å². The molecule has 5 nitrogen and oxygen atoms in total. The molecule has 1 aromatic carbocycles. The lowest BCUT2D eigenvalue weighted by molar-refractivity contribution is -0.532. The van der Waals surface area contributed by atoms with E-state index in [0.29, 0.717) is 18.8 Å². The second-order valence-electron chi connectivity index (χ2n) is 9.77. The van der Waals surface area contributed by atoms with Crippen molar-refractivity contribution in [3.05, 3.63) is 46.0 Å². The molecule has 0 radical (unpaired) electrons. The molecule has 1 aromatic rings. The number of Topliss-reactive ketones (excluding diaryl/α,β-unsaturated/α-hetero) is 1. The van der Waals surface area contributed by atoms with Crippen molar-refractivity contribution >= 4 is 5.78 Å². The Hall–Kier alpha value is -1.75. The first-order chi connectivity index (χ1) is 14.2. The maximum absolute atomic E-state index is 13.4. The van der Waals surface area contributed by atoms with E-state index in [4.69, 9.17) is 0 Å². The lowest BCUT2D eigenvalue weighted by Gasteiger charge is -2.44. The number of carbonyl (C=O) groups is 1. The predicted octanol–water partition coefficient (Wildman–Crippen LogP) is 5.56. The van der Waals surface area contributed by atoms with Crippen LogP contribution in [0.3, 0.4) is 0 Å². The molecule has 30 heavy (non-hydrogen) atoms. The minimum absolute atomic E-state index is 0.0609. The van der Waals surface area contributed by atoms with Gasteiger partial charge in [-0.05, 0) is 42.1 Å². The number of aliphatic hydroxyl groups excluding tert-OH is 1. The van der Waals surface area contributed by atoms with E-state index in [9.17, 15) is 20.0 Å². The van der Waals surface area contributed by atoms with Crippen LogP contribution in [0.15, 0.2) is 30.3 Å². The molecule has 0 unspecified atom stereocenters. The van der Waals surface area contributed by atoms with Crippen LogP contribution in [0.25, 0.3) is 0 Å². The maximum atomic E-state index is 13.4. The highest BCUT2D eigenvalue weighted by atomic mass is 16.6. The van der Waals surface area contributed by atoms with Crippen LogP contribution >= 0.6 is 0 Å². The molecule has 0 amide bonds. The maximum Gasteiger partial charge on any atom is 0.245 e. The van der Waals surface area contributed by atoms with Gasteiger partial charge in [-0.25, -0.2) is 0 Å². The van der Waals surface area contributed by atoms with E-state index in [1.807, 2.05) is 18.2 Å². The topological polar surface area (TPSA) is 80.4 Å². The number of carbonyl (C=O) groups excluding carboxylic acids is 1. The van der Waals surface area contributed by atoms with Gasteiger partial charge in [0.2, 0.25) is 6.04 Å². The zero-order valence-electron chi connectivity index (χ0n) is 19.0. The van der Waals surface area contributed by atoms with Crippen LogP contribution in [0.2, 0.25) is 0 Å². The van der Waals surface area contributed by atoms with Crippen LogP contribution in [-0.4, -0.2) is 28.0 Å². The molecular weight excluding hydrogens is 378 g/mol. The summed E-state index contributed by atoms with van der Waals surface area (Å²) in [4.78, 5) is 24.6. The van der Waals surface area contributed by atoms with E-state index in [2.05, 4.69) is 39.8 Å². The third-order valence-electron chi connectivity index (χ3n) is 7.20. The van der Waals surface area contributed by atoms with Gasteiger partial charge in [0, 0.05) is 17.3 Å². The van der Waals surface area contributed by atoms with Gasteiger partial charge in [0.15, 0.2) is 11.9 Å². The summed E-state index contributed by atoms with van der Waals surface area (Å²) in [5.41, 5.74) is 0.925. The summed E-state index contributed by atoms with van der Waals surface area (Å²) >= 11 is 0. The summed E-state index contributed by atoms with van der Waals surface area (Å²) < 4.78 is 0. The Morgan fingerprint density at radius 3 is 2.47 bits per heavy atom. The number of rotatable bonds is 11. The molecule has 1 aliphatic rings. The average Bonchev–Trinajstić information content (AvgIpc) is 2.73. The zero-order valence-corrected chi connectivity index (χ0v) is 19.0. The highest BCUT2D eigenvalue weighted by molar-refractivity contribution is 5.86. The van der Waals surface area contributed by atoms with Crippen molar-refractivity contribution in [2.75, 3.05) is 0 Å². The number of hydrogen-bond donors (Lipinski definition) is 1. The van der Waals surface area contributed by atoms with Crippen LogP contribution in [-0.2, 0) is 10.2 Å². The van der Waals surface area contributed by atoms with Crippen molar-refractivity contribution in [1.82, 2.24) is 0 Å². The van der Waals surface area contributed by atoms with E-state index >= 15 is 0 Å². The zero-order chi connectivity index (χ0) is 22.3. The Morgan fingerprint density at radius 1 is 1.20 bits per heavy atom. The summed E-state index contributed by atoms with van der Waals surface area (Å²) in [7, 11) is 0. The number of unbranched alkanes of at least 4 members (excludes halogenated alkanes) is 3. The van der Waals surface area contributed by atoms with Gasteiger partial charge in [-0.2, -0.15) is 0 Å². The molecule has 2 rings (SSSR count). The Bertz CT molecular complexity index is 688. The van der Waals surface area contributed by atoms with Crippen LogP contribution in [0.5, 0.6) is 0 Å². The highest BCUT2D eigenvalue weighted by Crippen LogP contribution is 2.46. The predicted molar refractivity (Wildman–Crippen MR) is 120 cm³/mol. The largest absolute Gasteiger partial charge is 0.379 e. The van der Waals surface area contributed by atoms with Gasteiger partial charge in [0.05, 0.1) is 0 Å². The van der Waals surface area contributed by atoms with Crippen molar-refractivity contribution < 1.29 is 14.8 Å². The minimum Gasteiger partial charge on any atom is -0.379 e. The Labute approximate surface area is 181 Å². The standard InChI is InChI=1S/C25H39NO4/c1-5-6-7-11-14-22(26(29)30)24(28)23(27)20-17-18(2)15-16-21(20)25(3,4)19-12-9-8-10-13-19/h8-10,12-13,18,20-22,24,28H,5-7,11,14-17H2,1-4H3/t18-,20-,21+,22+,24-/m1/s1. The number of hydrogen-bond acceptors (Lipinski definition) is 4. The summed E-state index contributed by atoms with van der Waals surface area (Å²) in [5, 5.41) is 22.5. The SMILES string of the molecule is CCCCCC[C@@H]([C@@H](O)C(=O)[C@@H]1C[C@H](C)CC[C@@H]1C(C)(C)c1ccccc1)[N+](=O)[O-].